The molecule has 0 aliphatic rings. The Labute approximate surface area is 157 Å². The van der Waals surface area contributed by atoms with Crippen LogP contribution in [-0.2, 0) is 0 Å². The van der Waals surface area contributed by atoms with Crippen molar-refractivity contribution in [2.75, 3.05) is 5.73 Å². The Morgan fingerprint density at radius 3 is 1.58 bits per heavy atom. The highest BCUT2D eigenvalue weighted by Crippen LogP contribution is 2.27. The van der Waals surface area contributed by atoms with Gasteiger partial charge in [-0.15, -0.1) is 0 Å². The topological polar surface area (TPSA) is 52.0 Å². The summed E-state index contributed by atoms with van der Waals surface area (Å²) in [6, 6.07) is 29.3. The molecule has 2 nitrogen and oxygen atoms in total. The van der Waals surface area contributed by atoms with E-state index in [0.29, 0.717) is 5.92 Å². The van der Waals surface area contributed by atoms with Crippen LogP contribution in [0.4, 0.5) is 5.69 Å². The van der Waals surface area contributed by atoms with Crippen molar-refractivity contribution < 1.29 is 0 Å². The first-order valence-corrected chi connectivity index (χ1v) is 9.36. The van der Waals surface area contributed by atoms with Crippen LogP contribution < -0.4 is 11.5 Å². The molecule has 3 aromatic rings. The summed E-state index contributed by atoms with van der Waals surface area (Å²) in [6.07, 6.45) is 2.09. The summed E-state index contributed by atoms with van der Waals surface area (Å²) in [5.41, 5.74) is 16.1. The van der Waals surface area contributed by atoms with Crippen LogP contribution in [0.1, 0.15) is 55.3 Å². The lowest BCUT2D eigenvalue weighted by molar-refractivity contribution is 0.699. The van der Waals surface area contributed by atoms with Crippen LogP contribution in [0.15, 0.2) is 84.9 Å². The van der Waals surface area contributed by atoms with Gasteiger partial charge in [-0.05, 0) is 41.7 Å². The van der Waals surface area contributed by atoms with Crippen molar-refractivity contribution >= 4 is 5.69 Å². The second-order valence-electron chi connectivity index (χ2n) is 6.47. The minimum absolute atomic E-state index is 0.124. The maximum absolute atomic E-state index is 5.81. The molecule has 2 heteroatoms. The molecule has 0 aliphatic heterocycles. The Bertz CT molecular complexity index is 714. The number of anilines is 1. The summed E-state index contributed by atoms with van der Waals surface area (Å²) in [5, 5.41) is 0. The molecule has 0 fully saturated rings. The summed E-state index contributed by atoms with van der Waals surface area (Å²) in [4.78, 5) is 0. The predicted molar refractivity (Wildman–Crippen MR) is 113 cm³/mol. The minimum atomic E-state index is 0.124. The molecule has 3 rings (SSSR count). The number of hydrogen-bond donors (Lipinski definition) is 2. The molecule has 0 heterocycles. The molecule has 0 aromatic heterocycles. The van der Waals surface area contributed by atoms with Crippen molar-refractivity contribution in [1.82, 2.24) is 0 Å². The van der Waals surface area contributed by atoms with Gasteiger partial charge >= 0.3 is 0 Å². The molecule has 136 valence electrons. The summed E-state index contributed by atoms with van der Waals surface area (Å²) < 4.78 is 0. The fourth-order valence-corrected chi connectivity index (χ4v) is 3.06. The van der Waals surface area contributed by atoms with E-state index in [9.17, 15) is 0 Å². The van der Waals surface area contributed by atoms with Gasteiger partial charge in [-0.3, -0.25) is 0 Å². The lowest BCUT2D eigenvalue weighted by Gasteiger charge is -2.15. The van der Waals surface area contributed by atoms with Gasteiger partial charge in [0.2, 0.25) is 0 Å². The normalized spacial score (nSPS) is 11.5. The summed E-state index contributed by atoms with van der Waals surface area (Å²) in [7, 11) is 0. The third kappa shape index (κ3) is 5.75. The largest absolute Gasteiger partial charge is 0.399 e. The van der Waals surface area contributed by atoms with Crippen LogP contribution in [0, 0.1) is 0 Å². The molecule has 0 saturated heterocycles. The Morgan fingerprint density at radius 2 is 1.15 bits per heavy atom. The molecule has 1 unspecified atom stereocenters. The molecular formula is C24H30N2. The zero-order valence-electron chi connectivity index (χ0n) is 15.8. The molecule has 4 N–H and O–H groups in total. The molecule has 0 aliphatic carbocycles. The highest BCUT2D eigenvalue weighted by molar-refractivity contribution is 5.41. The van der Waals surface area contributed by atoms with Crippen LogP contribution in [0.2, 0.25) is 0 Å². The van der Waals surface area contributed by atoms with Gasteiger partial charge in [0.1, 0.15) is 0 Å². The van der Waals surface area contributed by atoms with Gasteiger partial charge < -0.3 is 11.5 Å². The molecule has 26 heavy (non-hydrogen) atoms. The highest BCUT2D eigenvalue weighted by atomic mass is 14.6. The summed E-state index contributed by atoms with van der Waals surface area (Å²) in [6.45, 7) is 4.30. The van der Waals surface area contributed by atoms with Gasteiger partial charge in [0.05, 0.1) is 0 Å². The van der Waals surface area contributed by atoms with Crippen molar-refractivity contribution in [3.63, 3.8) is 0 Å². The highest BCUT2D eigenvalue weighted by Gasteiger charge is 2.10. The van der Waals surface area contributed by atoms with Gasteiger partial charge in [0.15, 0.2) is 0 Å². The minimum Gasteiger partial charge on any atom is -0.399 e. The van der Waals surface area contributed by atoms with Crippen molar-refractivity contribution in [3.05, 3.63) is 102 Å². The number of nitrogen functional groups attached to an aromatic ring is 1. The lowest BCUT2D eigenvalue weighted by Crippen LogP contribution is -2.08. The van der Waals surface area contributed by atoms with E-state index in [1.165, 1.54) is 11.1 Å². The number of hydrogen-bond acceptors (Lipinski definition) is 2. The van der Waals surface area contributed by atoms with Crippen LogP contribution in [0.3, 0.4) is 0 Å². The third-order valence-electron chi connectivity index (χ3n) is 4.59. The average molecular weight is 347 g/mol. The summed E-state index contributed by atoms with van der Waals surface area (Å²) in [5.74, 6) is 0.535. The van der Waals surface area contributed by atoms with Crippen molar-refractivity contribution in [2.45, 2.75) is 38.6 Å². The second-order valence-corrected chi connectivity index (χ2v) is 6.47. The quantitative estimate of drug-likeness (QED) is 0.564. The first kappa shape index (κ1) is 19.7. The average Bonchev–Trinajstić information content (AvgIpc) is 2.70. The Hall–Kier alpha value is -2.58. The van der Waals surface area contributed by atoms with Crippen LogP contribution >= 0.6 is 0 Å². The number of rotatable bonds is 5. The van der Waals surface area contributed by atoms with Crippen molar-refractivity contribution in [2.24, 2.45) is 5.73 Å². The SMILES string of the molecule is CCC(N)c1cccc(N)c1.CCC(c1ccccc1)c1ccccc1. The van der Waals surface area contributed by atoms with Gasteiger partial charge in [-0.2, -0.15) is 0 Å². The molecule has 3 aromatic carbocycles. The van der Waals surface area contributed by atoms with E-state index in [2.05, 4.69) is 74.5 Å². The molecule has 0 bridgehead atoms. The first-order chi connectivity index (χ1) is 12.7. The van der Waals surface area contributed by atoms with E-state index in [1.807, 2.05) is 24.3 Å². The number of benzene rings is 3. The molecular weight excluding hydrogens is 316 g/mol. The van der Waals surface area contributed by atoms with Crippen molar-refractivity contribution in [3.8, 4) is 0 Å². The molecule has 0 amide bonds. The second kappa shape index (κ2) is 10.4. The van der Waals surface area contributed by atoms with E-state index < -0.39 is 0 Å². The molecule has 1 atom stereocenters. The van der Waals surface area contributed by atoms with Gasteiger partial charge in [-0.1, -0.05) is 86.6 Å². The van der Waals surface area contributed by atoms with Gasteiger partial charge in [0.25, 0.3) is 0 Å². The first-order valence-electron chi connectivity index (χ1n) is 9.36. The fourth-order valence-electron chi connectivity index (χ4n) is 3.06. The zero-order valence-corrected chi connectivity index (χ0v) is 15.8. The summed E-state index contributed by atoms with van der Waals surface area (Å²) >= 11 is 0. The van der Waals surface area contributed by atoms with E-state index in [0.717, 1.165) is 24.1 Å². The maximum atomic E-state index is 5.81. The van der Waals surface area contributed by atoms with E-state index in [4.69, 9.17) is 11.5 Å². The fraction of sp³-hybridized carbons (Fsp3) is 0.250. The van der Waals surface area contributed by atoms with Crippen LogP contribution in [-0.4, -0.2) is 0 Å². The van der Waals surface area contributed by atoms with Crippen molar-refractivity contribution in [1.29, 1.82) is 0 Å². The van der Waals surface area contributed by atoms with Gasteiger partial charge in [-0.25, -0.2) is 0 Å². The molecule has 0 spiro atoms. The standard InChI is InChI=1S/C15H16.C9H14N2/c1-2-15(13-9-5-3-6-10-13)14-11-7-4-8-12-14;1-2-9(11)7-4-3-5-8(10)6-7/h3-12,15H,2H2,1H3;3-6,9H,2,10-11H2,1H3. The monoisotopic (exact) mass is 346 g/mol. The third-order valence-corrected chi connectivity index (χ3v) is 4.59. The Kier molecular flexibility index (Phi) is 7.91. The Morgan fingerprint density at radius 1 is 0.654 bits per heavy atom. The molecule has 0 radical (unpaired) electrons. The predicted octanol–water partition coefficient (Wildman–Crippen LogP) is 5.91. The Balaban J connectivity index is 0.000000197. The zero-order chi connectivity index (χ0) is 18.8. The van der Waals surface area contributed by atoms with E-state index in [-0.39, 0.29) is 6.04 Å². The lowest BCUT2D eigenvalue weighted by atomic mass is 9.89. The smallest absolute Gasteiger partial charge is 0.0317 e. The maximum Gasteiger partial charge on any atom is 0.0317 e. The van der Waals surface area contributed by atoms with Crippen LogP contribution in [0.25, 0.3) is 0 Å². The number of nitrogens with two attached hydrogens (primary N) is 2. The van der Waals surface area contributed by atoms with E-state index in [1.54, 1.807) is 0 Å². The van der Waals surface area contributed by atoms with Crippen LogP contribution in [0.5, 0.6) is 0 Å². The van der Waals surface area contributed by atoms with E-state index >= 15 is 0 Å². The van der Waals surface area contributed by atoms with Gasteiger partial charge in [0, 0.05) is 17.6 Å². The molecule has 0 saturated carbocycles.